The highest BCUT2D eigenvalue weighted by Crippen LogP contribution is 2.20. The van der Waals surface area contributed by atoms with Gasteiger partial charge < -0.3 is 4.98 Å². The van der Waals surface area contributed by atoms with Crippen molar-refractivity contribution < 1.29 is 4.79 Å². The highest BCUT2D eigenvalue weighted by molar-refractivity contribution is 5.85. The Kier molecular flexibility index (Phi) is 1.88. The van der Waals surface area contributed by atoms with E-state index >= 15 is 0 Å². The van der Waals surface area contributed by atoms with Gasteiger partial charge in [-0.15, -0.1) is 0 Å². The Hall–Kier alpha value is -2.35. The van der Waals surface area contributed by atoms with Gasteiger partial charge in [0.2, 0.25) is 0 Å². The number of carbonyl (C=O) groups excluding carboxylic acids is 1. The van der Waals surface area contributed by atoms with Gasteiger partial charge in [0.15, 0.2) is 6.29 Å². The van der Waals surface area contributed by atoms with Crippen molar-refractivity contribution >= 4 is 6.29 Å². The molecule has 0 spiro atoms. The maximum atomic E-state index is 10.6. The molecule has 2 aromatic rings. The van der Waals surface area contributed by atoms with Gasteiger partial charge in [-0.1, -0.05) is 0 Å². The van der Waals surface area contributed by atoms with Gasteiger partial charge in [-0.05, 0) is 6.07 Å². The summed E-state index contributed by atoms with van der Waals surface area (Å²) in [5, 5.41) is 15.0. The Balaban J connectivity index is 2.49. The number of hydrogen-bond acceptors (Lipinski definition) is 3. The molecule has 0 radical (unpaired) electrons. The zero-order chi connectivity index (χ0) is 9.97. The first kappa shape index (κ1) is 8.26. The molecule has 0 fully saturated rings. The second-order valence-electron chi connectivity index (χ2n) is 2.73. The summed E-state index contributed by atoms with van der Waals surface area (Å²) in [6, 6.07) is 3.62. The summed E-state index contributed by atoms with van der Waals surface area (Å²) in [6.45, 7) is 0. The van der Waals surface area contributed by atoms with E-state index in [1.165, 1.54) is 6.20 Å². The van der Waals surface area contributed by atoms with Crippen LogP contribution in [0.1, 0.15) is 16.1 Å². The number of hydrogen-bond donors (Lipinski definition) is 2. The van der Waals surface area contributed by atoms with Crippen molar-refractivity contribution in [2.24, 2.45) is 0 Å². The molecule has 0 amide bonds. The van der Waals surface area contributed by atoms with E-state index in [1.807, 2.05) is 6.07 Å². The van der Waals surface area contributed by atoms with Crippen molar-refractivity contribution in [3.8, 4) is 17.3 Å². The number of nitrogens with one attached hydrogen (secondary N) is 2. The summed E-state index contributed by atoms with van der Waals surface area (Å²) in [6.07, 6.45) is 3.82. The van der Waals surface area contributed by atoms with E-state index in [4.69, 9.17) is 5.26 Å². The highest BCUT2D eigenvalue weighted by Gasteiger charge is 2.08. The first-order valence-electron chi connectivity index (χ1n) is 3.92. The van der Waals surface area contributed by atoms with E-state index in [2.05, 4.69) is 15.2 Å². The standard InChI is InChI=1S/C9H6N4O/c10-2-8-1-6(3-11-8)9-7(5-14)4-12-13-9/h1,3-5,11H,(H,12,13). The number of nitriles is 1. The van der Waals surface area contributed by atoms with Crippen LogP contribution in [0.5, 0.6) is 0 Å². The number of rotatable bonds is 2. The molecule has 5 heteroatoms. The van der Waals surface area contributed by atoms with Crippen LogP contribution in [0.3, 0.4) is 0 Å². The average Bonchev–Trinajstić information content (AvgIpc) is 2.85. The number of carbonyl (C=O) groups is 1. The number of nitrogens with zero attached hydrogens (tertiary/aromatic N) is 2. The molecule has 68 valence electrons. The van der Waals surface area contributed by atoms with Crippen molar-refractivity contribution in [2.45, 2.75) is 0 Å². The molecule has 2 heterocycles. The monoisotopic (exact) mass is 186 g/mol. The van der Waals surface area contributed by atoms with E-state index in [1.54, 1.807) is 12.3 Å². The lowest BCUT2D eigenvalue weighted by molar-refractivity contribution is 0.112. The van der Waals surface area contributed by atoms with Crippen molar-refractivity contribution in [1.82, 2.24) is 15.2 Å². The van der Waals surface area contributed by atoms with Crippen LogP contribution in [0.2, 0.25) is 0 Å². The van der Waals surface area contributed by atoms with Crippen molar-refractivity contribution in [3.63, 3.8) is 0 Å². The first-order valence-corrected chi connectivity index (χ1v) is 3.92. The normalized spacial score (nSPS) is 9.64. The molecule has 14 heavy (non-hydrogen) atoms. The quantitative estimate of drug-likeness (QED) is 0.688. The summed E-state index contributed by atoms with van der Waals surface area (Å²) in [7, 11) is 0. The lowest BCUT2D eigenvalue weighted by Gasteiger charge is -1.90. The van der Waals surface area contributed by atoms with Crippen molar-refractivity contribution in [2.75, 3.05) is 0 Å². The predicted octanol–water partition coefficient (Wildman–Crippen LogP) is 1.09. The third-order valence-electron chi connectivity index (χ3n) is 1.89. The van der Waals surface area contributed by atoms with E-state index in [0.717, 1.165) is 11.8 Å². The first-order chi connectivity index (χ1) is 6.85. The van der Waals surface area contributed by atoms with Gasteiger partial charge >= 0.3 is 0 Å². The summed E-state index contributed by atoms with van der Waals surface area (Å²) in [5.41, 5.74) is 2.30. The molecule has 5 nitrogen and oxygen atoms in total. The Morgan fingerprint density at radius 2 is 2.43 bits per heavy atom. The van der Waals surface area contributed by atoms with E-state index < -0.39 is 0 Å². The molecule has 0 aliphatic rings. The van der Waals surface area contributed by atoms with Crippen LogP contribution in [0, 0.1) is 11.3 Å². The second-order valence-corrected chi connectivity index (χ2v) is 2.73. The average molecular weight is 186 g/mol. The largest absolute Gasteiger partial charge is 0.352 e. The summed E-state index contributed by atoms with van der Waals surface area (Å²) in [4.78, 5) is 13.4. The Labute approximate surface area is 79.4 Å². The van der Waals surface area contributed by atoms with E-state index in [-0.39, 0.29) is 0 Å². The fourth-order valence-corrected chi connectivity index (χ4v) is 1.22. The van der Waals surface area contributed by atoms with Gasteiger partial charge in [0, 0.05) is 11.8 Å². The molecule has 2 rings (SSSR count). The SMILES string of the molecule is N#Cc1cc(-c2[nH]ncc2C=O)c[nH]1. The smallest absolute Gasteiger partial charge is 0.153 e. The Bertz CT molecular complexity index is 503. The predicted molar refractivity (Wildman–Crippen MR) is 48.5 cm³/mol. The molecular weight excluding hydrogens is 180 g/mol. The Morgan fingerprint density at radius 3 is 3.07 bits per heavy atom. The molecule has 0 atom stereocenters. The maximum absolute atomic E-state index is 10.6. The van der Waals surface area contributed by atoms with Crippen molar-refractivity contribution in [3.05, 3.63) is 29.7 Å². The van der Waals surface area contributed by atoms with Gasteiger partial charge in [-0.3, -0.25) is 9.89 Å². The number of H-pyrrole nitrogens is 2. The summed E-state index contributed by atoms with van der Waals surface area (Å²) in [5.74, 6) is 0. The van der Waals surface area contributed by atoms with E-state index in [0.29, 0.717) is 17.0 Å². The van der Waals surface area contributed by atoms with Gasteiger partial charge in [0.05, 0.1) is 17.5 Å². The molecule has 2 N–H and O–H groups in total. The summed E-state index contributed by atoms with van der Waals surface area (Å²) < 4.78 is 0. The molecule has 0 aliphatic heterocycles. The molecule has 0 aliphatic carbocycles. The number of aromatic nitrogens is 3. The van der Waals surface area contributed by atoms with Crippen LogP contribution in [0.4, 0.5) is 0 Å². The van der Waals surface area contributed by atoms with Gasteiger partial charge in [0.25, 0.3) is 0 Å². The van der Waals surface area contributed by atoms with Crippen LogP contribution in [0.15, 0.2) is 18.5 Å². The second kappa shape index (κ2) is 3.18. The molecule has 0 saturated heterocycles. The lowest BCUT2D eigenvalue weighted by atomic mass is 10.1. The molecule has 0 aromatic carbocycles. The molecule has 0 saturated carbocycles. The molecule has 0 unspecified atom stereocenters. The van der Waals surface area contributed by atoms with Crippen LogP contribution >= 0.6 is 0 Å². The third-order valence-corrected chi connectivity index (χ3v) is 1.89. The topological polar surface area (TPSA) is 85.3 Å². The van der Waals surface area contributed by atoms with Gasteiger partial charge in [0.1, 0.15) is 11.8 Å². The number of aromatic amines is 2. The Morgan fingerprint density at radius 1 is 1.57 bits per heavy atom. The summed E-state index contributed by atoms with van der Waals surface area (Å²) >= 11 is 0. The molecule has 2 aromatic heterocycles. The zero-order valence-corrected chi connectivity index (χ0v) is 7.11. The highest BCUT2D eigenvalue weighted by atomic mass is 16.1. The lowest BCUT2D eigenvalue weighted by Crippen LogP contribution is -1.80. The minimum absolute atomic E-state index is 0.450. The van der Waals surface area contributed by atoms with Crippen LogP contribution < -0.4 is 0 Å². The zero-order valence-electron chi connectivity index (χ0n) is 7.11. The minimum Gasteiger partial charge on any atom is -0.352 e. The minimum atomic E-state index is 0.450. The fourth-order valence-electron chi connectivity index (χ4n) is 1.22. The van der Waals surface area contributed by atoms with Crippen molar-refractivity contribution in [1.29, 1.82) is 5.26 Å². The number of aldehydes is 1. The van der Waals surface area contributed by atoms with Gasteiger partial charge in [-0.25, -0.2) is 0 Å². The maximum Gasteiger partial charge on any atom is 0.153 e. The third kappa shape index (κ3) is 1.19. The van der Waals surface area contributed by atoms with Crippen LogP contribution in [-0.2, 0) is 0 Å². The van der Waals surface area contributed by atoms with Crippen LogP contribution in [0.25, 0.3) is 11.3 Å². The molecular formula is C9H6N4O. The fraction of sp³-hybridized carbons (Fsp3) is 0. The van der Waals surface area contributed by atoms with Gasteiger partial charge in [-0.2, -0.15) is 10.4 Å². The van der Waals surface area contributed by atoms with E-state index in [9.17, 15) is 4.79 Å². The van der Waals surface area contributed by atoms with Crippen LogP contribution in [-0.4, -0.2) is 21.5 Å². The molecule has 0 bridgehead atoms.